The Hall–Kier alpha value is 0.310. The predicted molar refractivity (Wildman–Crippen MR) is 64.6 cm³/mol. The van der Waals surface area contributed by atoms with Gasteiger partial charge in [0.1, 0.15) is 0 Å². The van der Waals surface area contributed by atoms with Gasteiger partial charge in [-0.05, 0) is 43.3 Å². The Kier molecular flexibility index (Phi) is 3.78. The minimum absolute atomic E-state index is 0.491. The van der Waals surface area contributed by atoms with Crippen molar-refractivity contribution < 1.29 is 0 Å². The summed E-state index contributed by atoms with van der Waals surface area (Å²) in [5, 5.41) is 0.783. The molecule has 2 N–H and O–H groups in total. The van der Waals surface area contributed by atoms with Gasteiger partial charge >= 0.3 is 0 Å². The van der Waals surface area contributed by atoms with E-state index in [-0.39, 0.29) is 0 Å². The van der Waals surface area contributed by atoms with E-state index < -0.39 is 0 Å². The molecule has 14 heavy (non-hydrogen) atoms. The molecule has 0 aromatic rings. The van der Waals surface area contributed by atoms with Gasteiger partial charge in [-0.3, -0.25) is 0 Å². The van der Waals surface area contributed by atoms with Crippen LogP contribution in [0.4, 0.5) is 0 Å². The molecule has 1 nitrogen and oxygen atoms in total. The molecule has 2 aliphatic rings. The van der Waals surface area contributed by atoms with Crippen molar-refractivity contribution in [3.63, 3.8) is 0 Å². The summed E-state index contributed by atoms with van der Waals surface area (Å²) < 4.78 is 0. The summed E-state index contributed by atoms with van der Waals surface area (Å²) in [5.41, 5.74) is 6.40. The van der Waals surface area contributed by atoms with Crippen LogP contribution in [0, 0.1) is 11.8 Å². The summed E-state index contributed by atoms with van der Waals surface area (Å²) in [6.45, 7) is 2.39. The third-order valence-electron chi connectivity index (χ3n) is 3.92. The summed E-state index contributed by atoms with van der Waals surface area (Å²) in [5.74, 6) is 3.10. The van der Waals surface area contributed by atoms with E-state index in [1.165, 1.54) is 44.3 Å². The molecule has 1 heterocycles. The molecule has 4 unspecified atom stereocenters. The van der Waals surface area contributed by atoms with Crippen LogP contribution in [0.15, 0.2) is 0 Å². The summed E-state index contributed by atoms with van der Waals surface area (Å²) in [6, 6.07) is 0.491. The van der Waals surface area contributed by atoms with E-state index in [0.717, 1.165) is 17.1 Å². The molecule has 1 saturated heterocycles. The zero-order valence-corrected chi connectivity index (χ0v) is 10.1. The van der Waals surface area contributed by atoms with Crippen LogP contribution in [0.3, 0.4) is 0 Å². The highest BCUT2D eigenvalue weighted by atomic mass is 32.2. The molecular formula is C12H23NS. The lowest BCUT2D eigenvalue weighted by Gasteiger charge is -2.33. The Bertz CT molecular complexity index is 177. The van der Waals surface area contributed by atoms with Crippen molar-refractivity contribution in [2.24, 2.45) is 17.6 Å². The fraction of sp³-hybridized carbons (Fsp3) is 1.00. The molecule has 1 saturated carbocycles. The van der Waals surface area contributed by atoms with Gasteiger partial charge in [-0.1, -0.05) is 19.8 Å². The third kappa shape index (κ3) is 2.46. The highest BCUT2D eigenvalue weighted by Gasteiger charge is 2.31. The molecule has 4 atom stereocenters. The van der Waals surface area contributed by atoms with E-state index in [1.807, 2.05) is 0 Å². The number of rotatable bonds is 2. The lowest BCUT2D eigenvalue weighted by molar-refractivity contribution is 0.242. The van der Waals surface area contributed by atoms with Crippen molar-refractivity contribution in [3.05, 3.63) is 0 Å². The van der Waals surface area contributed by atoms with Gasteiger partial charge in [0.15, 0.2) is 0 Å². The van der Waals surface area contributed by atoms with Gasteiger partial charge in [0, 0.05) is 11.3 Å². The SMILES string of the molecule is CC1CCCC(C(N)C2CCCS2)C1. The zero-order valence-electron chi connectivity index (χ0n) is 9.24. The smallest absolute Gasteiger partial charge is 0.0202 e. The lowest BCUT2D eigenvalue weighted by Crippen LogP contribution is -2.40. The largest absolute Gasteiger partial charge is 0.326 e. The van der Waals surface area contributed by atoms with Crippen molar-refractivity contribution in [1.29, 1.82) is 0 Å². The van der Waals surface area contributed by atoms with Gasteiger partial charge < -0.3 is 5.73 Å². The van der Waals surface area contributed by atoms with Crippen molar-refractivity contribution in [2.45, 2.75) is 56.7 Å². The Morgan fingerprint density at radius 1 is 1.21 bits per heavy atom. The maximum absolute atomic E-state index is 6.40. The van der Waals surface area contributed by atoms with Crippen LogP contribution in [0.1, 0.15) is 45.4 Å². The summed E-state index contributed by atoms with van der Waals surface area (Å²) >= 11 is 2.12. The molecule has 0 bridgehead atoms. The van der Waals surface area contributed by atoms with Gasteiger partial charge in [-0.15, -0.1) is 0 Å². The molecule has 0 spiro atoms. The normalized spacial score (nSPS) is 41.1. The second-order valence-electron chi connectivity index (χ2n) is 5.16. The van der Waals surface area contributed by atoms with Crippen LogP contribution < -0.4 is 5.73 Å². The van der Waals surface area contributed by atoms with Gasteiger partial charge in [-0.2, -0.15) is 11.8 Å². The van der Waals surface area contributed by atoms with Crippen molar-refractivity contribution in [2.75, 3.05) is 5.75 Å². The first-order chi connectivity index (χ1) is 6.77. The minimum atomic E-state index is 0.491. The quantitative estimate of drug-likeness (QED) is 0.763. The second-order valence-corrected chi connectivity index (χ2v) is 6.51. The average Bonchev–Trinajstić information content (AvgIpc) is 2.69. The Morgan fingerprint density at radius 2 is 2.07 bits per heavy atom. The highest BCUT2D eigenvalue weighted by Crippen LogP contribution is 2.37. The van der Waals surface area contributed by atoms with Crippen LogP contribution in [0.2, 0.25) is 0 Å². The van der Waals surface area contributed by atoms with Crippen molar-refractivity contribution in [3.8, 4) is 0 Å². The highest BCUT2D eigenvalue weighted by molar-refractivity contribution is 8.00. The Balaban J connectivity index is 1.86. The molecule has 82 valence electrons. The molecule has 0 aromatic heterocycles. The fourth-order valence-electron chi connectivity index (χ4n) is 3.04. The maximum atomic E-state index is 6.40. The zero-order chi connectivity index (χ0) is 9.97. The first-order valence-corrected chi connectivity index (χ1v) is 7.19. The molecule has 0 aromatic carbocycles. The van der Waals surface area contributed by atoms with Gasteiger partial charge in [0.2, 0.25) is 0 Å². The van der Waals surface area contributed by atoms with Gasteiger partial charge in [-0.25, -0.2) is 0 Å². The summed E-state index contributed by atoms with van der Waals surface area (Å²) in [6.07, 6.45) is 8.39. The number of nitrogens with two attached hydrogens (primary N) is 1. The number of hydrogen-bond donors (Lipinski definition) is 1. The molecule has 1 aliphatic heterocycles. The molecule has 1 aliphatic carbocycles. The molecule has 2 rings (SSSR count). The van der Waals surface area contributed by atoms with Gasteiger partial charge in [0.05, 0.1) is 0 Å². The Morgan fingerprint density at radius 3 is 2.71 bits per heavy atom. The van der Waals surface area contributed by atoms with Crippen LogP contribution in [-0.4, -0.2) is 17.0 Å². The number of thioether (sulfide) groups is 1. The fourth-order valence-corrected chi connectivity index (χ4v) is 4.45. The van der Waals surface area contributed by atoms with Crippen molar-refractivity contribution >= 4 is 11.8 Å². The van der Waals surface area contributed by atoms with E-state index in [2.05, 4.69) is 18.7 Å². The number of hydrogen-bond acceptors (Lipinski definition) is 2. The van der Waals surface area contributed by atoms with Crippen LogP contribution in [-0.2, 0) is 0 Å². The predicted octanol–water partition coefficient (Wildman–Crippen LogP) is 3.04. The molecule has 0 radical (unpaired) electrons. The lowest BCUT2D eigenvalue weighted by atomic mass is 9.77. The third-order valence-corrected chi connectivity index (χ3v) is 5.42. The van der Waals surface area contributed by atoms with Gasteiger partial charge in [0.25, 0.3) is 0 Å². The first kappa shape index (κ1) is 10.8. The van der Waals surface area contributed by atoms with Crippen molar-refractivity contribution in [1.82, 2.24) is 0 Å². The van der Waals surface area contributed by atoms with Crippen LogP contribution in [0.5, 0.6) is 0 Å². The standard InChI is InChI=1S/C12H23NS/c1-9-4-2-5-10(8-9)12(13)11-6-3-7-14-11/h9-12H,2-8,13H2,1H3. The average molecular weight is 213 g/mol. The minimum Gasteiger partial charge on any atom is -0.326 e. The molecule has 2 fully saturated rings. The van der Waals surface area contributed by atoms with E-state index >= 15 is 0 Å². The Labute approximate surface area is 92.2 Å². The van der Waals surface area contributed by atoms with E-state index in [0.29, 0.717) is 6.04 Å². The van der Waals surface area contributed by atoms with Crippen LogP contribution >= 0.6 is 11.8 Å². The van der Waals surface area contributed by atoms with E-state index in [1.54, 1.807) is 0 Å². The summed E-state index contributed by atoms with van der Waals surface area (Å²) in [7, 11) is 0. The molecular weight excluding hydrogens is 190 g/mol. The molecule has 2 heteroatoms. The summed E-state index contributed by atoms with van der Waals surface area (Å²) in [4.78, 5) is 0. The van der Waals surface area contributed by atoms with Crippen LogP contribution in [0.25, 0.3) is 0 Å². The first-order valence-electron chi connectivity index (χ1n) is 6.14. The van der Waals surface area contributed by atoms with E-state index in [9.17, 15) is 0 Å². The monoisotopic (exact) mass is 213 g/mol. The molecule has 0 amide bonds. The van der Waals surface area contributed by atoms with E-state index in [4.69, 9.17) is 5.73 Å². The maximum Gasteiger partial charge on any atom is 0.0202 e. The second kappa shape index (κ2) is 4.89. The topological polar surface area (TPSA) is 26.0 Å².